The van der Waals surface area contributed by atoms with Gasteiger partial charge in [-0.05, 0) is 30.7 Å². The average molecular weight is 302 g/mol. The Kier molecular flexibility index (Phi) is 2.86. The van der Waals surface area contributed by atoms with Crippen LogP contribution in [0.1, 0.15) is 30.0 Å². The number of thiophene rings is 1. The number of hydrogen-bond donors (Lipinski definition) is 1. The summed E-state index contributed by atoms with van der Waals surface area (Å²) in [6.07, 6.45) is 4.71. The molecule has 0 saturated heterocycles. The molecular formula is C13H14N6OS. The fraction of sp³-hybridized carbons (Fsp3) is 0.385. The summed E-state index contributed by atoms with van der Waals surface area (Å²) in [6, 6.07) is 4.08. The van der Waals surface area contributed by atoms with E-state index in [1.807, 2.05) is 11.4 Å². The van der Waals surface area contributed by atoms with Crippen molar-refractivity contribution >= 4 is 11.3 Å². The molecule has 4 rings (SSSR count). The van der Waals surface area contributed by atoms with Gasteiger partial charge in [0.2, 0.25) is 0 Å². The van der Waals surface area contributed by atoms with Crippen LogP contribution in [0.5, 0.6) is 0 Å². The molecule has 1 aliphatic carbocycles. The number of rotatable bonds is 4. The quantitative estimate of drug-likeness (QED) is 0.789. The van der Waals surface area contributed by atoms with Gasteiger partial charge in [-0.3, -0.25) is 0 Å². The lowest BCUT2D eigenvalue weighted by molar-refractivity contribution is 0.229. The minimum atomic E-state index is -0.422. The molecular weight excluding hydrogens is 288 g/mol. The molecule has 8 heteroatoms. The van der Waals surface area contributed by atoms with Gasteiger partial charge in [-0.25, -0.2) is 4.68 Å². The molecule has 0 aliphatic heterocycles. The Labute approximate surface area is 124 Å². The highest BCUT2D eigenvalue weighted by Crippen LogP contribution is 2.37. The molecule has 1 saturated carbocycles. The highest BCUT2D eigenvalue weighted by molar-refractivity contribution is 7.09. The van der Waals surface area contributed by atoms with Crippen LogP contribution in [0.2, 0.25) is 0 Å². The number of aromatic nitrogens is 5. The molecule has 3 heterocycles. The zero-order chi connectivity index (χ0) is 14.3. The number of nitrogens with zero attached hydrogens (tertiary/aromatic N) is 5. The summed E-state index contributed by atoms with van der Waals surface area (Å²) in [5, 5.41) is 14.2. The SMILES string of the molecule is NC1(c2noc(-c3cn(Cc4cccs4)nn3)n2)CCC1. The normalized spacial score (nSPS) is 16.8. The van der Waals surface area contributed by atoms with Crippen LogP contribution in [0.15, 0.2) is 28.2 Å². The van der Waals surface area contributed by atoms with Crippen molar-refractivity contribution < 1.29 is 4.52 Å². The van der Waals surface area contributed by atoms with E-state index in [0.29, 0.717) is 24.0 Å². The van der Waals surface area contributed by atoms with E-state index in [9.17, 15) is 0 Å². The summed E-state index contributed by atoms with van der Waals surface area (Å²) in [5.41, 5.74) is 6.34. The summed E-state index contributed by atoms with van der Waals surface area (Å²) in [4.78, 5) is 5.58. The molecule has 0 atom stereocenters. The third-order valence-corrected chi connectivity index (χ3v) is 4.63. The van der Waals surface area contributed by atoms with Gasteiger partial charge in [0, 0.05) is 4.88 Å². The molecule has 21 heavy (non-hydrogen) atoms. The van der Waals surface area contributed by atoms with Crippen LogP contribution < -0.4 is 5.73 Å². The minimum Gasteiger partial charge on any atom is -0.332 e. The second kappa shape index (κ2) is 4.74. The van der Waals surface area contributed by atoms with Crippen LogP contribution >= 0.6 is 11.3 Å². The second-order valence-electron chi connectivity index (χ2n) is 5.31. The van der Waals surface area contributed by atoms with Crippen molar-refractivity contribution in [3.05, 3.63) is 34.4 Å². The van der Waals surface area contributed by atoms with Crippen LogP contribution in [-0.4, -0.2) is 25.1 Å². The molecule has 0 bridgehead atoms. The van der Waals surface area contributed by atoms with Gasteiger partial charge in [0.05, 0.1) is 18.3 Å². The molecule has 1 fully saturated rings. The summed E-state index contributed by atoms with van der Waals surface area (Å²) in [7, 11) is 0. The maximum Gasteiger partial charge on any atom is 0.280 e. The Morgan fingerprint density at radius 2 is 2.33 bits per heavy atom. The van der Waals surface area contributed by atoms with Gasteiger partial charge in [0.1, 0.15) is 0 Å². The van der Waals surface area contributed by atoms with Gasteiger partial charge >= 0.3 is 0 Å². The predicted octanol–water partition coefficient (Wildman–Crippen LogP) is 1.78. The predicted molar refractivity (Wildman–Crippen MR) is 76.5 cm³/mol. The first-order valence-corrected chi connectivity index (χ1v) is 7.67. The summed E-state index contributed by atoms with van der Waals surface area (Å²) in [6.45, 7) is 0.687. The molecule has 1 aliphatic rings. The van der Waals surface area contributed by atoms with E-state index in [1.54, 1.807) is 22.2 Å². The molecule has 7 nitrogen and oxygen atoms in total. The molecule has 0 radical (unpaired) electrons. The second-order valence-corrected chi connectivity index (χ2v) is 6.35. The van der Waals surface area contributed by atoms with Crippen molar-refractivity contribution in [3.63, 3.8) is 0 Å². The Balaban J connectivity index is 1.55. The van der Waals surface area contributed by atoms with Crippen molar-refractivity contribution in [2.45, 2.75) is 31.3 Å². The van der Waals surface area contributed by atoms with E-state index in [2.05, 4.69) is 26.5 Å². The standard InChI is InChI=1S/C13H14N6OS/c14-13(4-2-5-13)12-15-11(20-17-12)10-8-19(18-16-10)7-9-3-1-6-21-9/h1,3,6,8H,2,4-5,7,14H2. The van der Waals surface area contributed by atoms with E-state index in [4.69, 9.17) is 10.3 Å². The Morgan fingerprint density at radius 3 is 3.05 bits per heavy atom. The van der Waals surface area contributed by atoms with Gasteiger partial charge in [0.25, 0.3) is 5.89 Å². The minimum absolute atomic E-state index is 0.374. The summed E-state index contributed by atoms with van der Waals surface area (Å²) < 4.78 is 7.02. The van der Waals surface area contributed by atoms with Crippen LogP contribution in [0, 0.1) is 0 Å². The van der Waals surface area contributed by atoms with E-state index in [1.165, 1.54) is 4.88 Å². The highest BCUT2D eigenvalue weighted by Gasteiger charge is 2.39. The monoisotopic (exact) mass is 302 g/mol. The highest BCUT2D eigenvalue weighted by atomic mass is 32.1. The van der Waals surface area contributed by atoms with Gasteiger partial charge in [-0.2, -0.15) is 4.98 Å². The fourth-order valence-corrected chi connectivity index (χ4v) is 3.04. The maximum absolute atomic E-state index is 6.19. The summed E-state index contributed by atoms with van der Waals surface area (Å²) in [5.74, 6) is 0.940. The zero-order valence-electron chi connectivity index (χ0n) is 11.3. The van der Waals surface area contributed by atoms with Crippen molar-refractivity contribution in [2.75, 3.05) is 0 Å². The molecule has 3 aromatic rings. The van der Waals surface area contributed by atoms with E-state index >= 15 is 0 Å². The van der Waals surface area contributed by atoms with Crippen molar-refractivity contribution in [3.8, 4) is 11.6 Å². The maximum atomic E-state index is 6.19. The number of hydrogen-bond acceptors (Lipinski definition) is 7. The molecule has 0 spiro atoms. The smallest absolute Gasteiger partial charge is 0.280 e. The van der Waals surface area contributed by atoms with Crippen LogP contribution in [0.25, 0.3) is 11.6 Å². The van der Waals surface area contributed by atoms with Crippen LogP contribution in [0.4, 0.5) is 0 Å². The van der Waals surface area contributed by atoms with E-state index in [-0.39, 0.29) is 0 Å². The van der Waals surface area contributed by atoms with Gasteiger partial charge in [-0.1, -0.05) is 16.4 Å². The third-order valence-electron chi connectivity index (χ3n) is 3.77. The molecule has 108 valence electrons. The molecule has 0 aromatic carbocycles. The van der Waals surface area contributed by atoms with Crippen molar-refractivity contribution in [2.24, 2.45) is 5.73 Å². The molecule has 3 aromatic heterocycles. The lowest BCUT2D eigenvalue weighted by Gasteiger charge is -2.34. The Bertz CT molecular complexity index is 742. The lowest BCUT2D eigenvalue weighted by atomic mass is 9.77. The topological polar surface area (TPSA) is 95.7 Å². The van der Waals surface area contributed by atoms with Gasteiger partial charge in [0.15, 0.2) is 11.5 Å². The third kappa shape index (κ3) is 2.26. The Morgan fingerprint density at radius 1 is 1.43 bits per heavy atom. The molecule has 0 amide bonds. The molecule has 0 unspecified atom stereocenters. The fourth-order valence-electron chi connectivity index (χ4n) is 2.35. The van der Waals surface area contributed by atoms with E-state index in [0.717, 1.165) is 19.3 Å². The summed E-state index contributed by atoms with van der Waals surface area (Å²) >= 11 is 1.68. The first-order valence-electron chi connectivity index (χ1n) is 6.79. The van der Waals surface area contributed by atoms with Crippen LogP contribution in [0.3, 0.4) is 0 Å². The largest absolute Gasteiger partial charge is 0.332 e. The first-order chi connectivity index (χ1) is 10.2. The Hall–Kier alpha value is -2.06. The van der Waals surface area contributed by atoms with Gasteiger partial charge < -0.3 is 10.3 Å². The van der Waals surface area contributed by atoms with Gasteiger partial charge in [-0.15, -0.1) is 16.4 Å². The first kappa shape index (κ1) is 12.7. The lowest BCUT2D eigenvalue weighted by Crippen LogP contribution is -2.44. The van der Waals surface area contributed by atoms with E-state index < -0.39 is 5.54 Å². The zero-order valence-corrected chi connectivity index (χ0v) is 12.1. The average Bonchev–Trinajstić information content (AvgIpc) is 3.17. The molecule has 2 N–H and O–H groups in total. The van der Waals surface area contributed by atoms with Crippen LogP contribution in [-0.2, 0) is 12.1 Å². The van der Waals surface area contributed by atoms with Crippen molar-refractivity contribution in [1.82, 2.24) is 25.1 Å². The van der Waals surface area contributed by atoms with Crippen molar-refractivity contribution in [1.29, 1.82) is 0 Å². The number of nitrogens with two attached hydrogens (primary N) is 1.